The average Bonchev–Trinajstić information content (AvgIpc) is 3.27. The van der Waals surface area contributed by atoms with Gasteiger partial charge in [-0.2, -0.15) is 0 Å². The normalized spacial score (nSPS) is 16.0. The van der Waals surface area contributed by atoms with Crippen molar-refractivity contribution in [2.45, 2.75) is 26.9 Å². The van der Waals surface area contributed by atoms with Crippen molar-refractivity contribution in [3.8, 4) is 23.0 Å². The maximum atomic E-state index is 15.7. The van der Waals surface area contributed by atoms with Crippen LogP contribution in [0.2, 0.25) is 0 Å². The van der Waals surface area contributed by atoms with Crippen molar-refractivity contribution in [3.63, 3.8) is 0 Å². The molecule has 0 saturated heterocycles. The average molecular weight is 925 g/mol. The molecule has 66 heavy (non-hydrogen) atoms. The first kappa shape index (κ1) is 48.1. The second-order valence-electron chi connectivity index (χ2n) is 14.4. The van der Waals surface area contributed by atoms with Crippen LogP contribution in [0.3, 0.4) is 0 Å². The van der Waals surface area contributed by atoms with Crippen LogP contribution in [-0.2, 0) is 52.3 Å². The third-order valence-corrected chi connectivity index (χ3v) is 9.75. The molecular weight excluding hydrogens is 878 g/mol. The first-order valence-electron chi connectivity index (χ1n) is 20.2. The Labute approximate surface area is 376 Å². The molecule has 19 nitrogen and oxygen atoms in total. The molecule has 352 valence electrons. The number of anilines is 2. The summed E-state index contributed by atoms with van der Waals surface area (Å²) in [4.78, 5) is 63.4. The van der Waals surface area contributed by atoms with Crippen molar-refractivity contribution in [3.05, 3.63) is 100 Å². The summed E-state index contributed by atoms with van der Waals surface area (Å²) in [7, 11) is 1.09. The first-order chi connectivity index (χ1) is 31.7. The molecule has 0 bridgehead atoms. The molecule has 3 aliphatic rings. The fourth-order valence-electron chi connectivity index (χ4n) is 6.72. The maximum Gasteiger partial charge on any atom is 0.510 e. The summed E-state index contributed by atoms with van der Waals surface area (Å²) in [6.45, 7) is 1.73. The van der Waals surface area contributed by atoms with Gasteiger partial charge in [0.15, 0.2) is 11.6 Å². The third kappa shape index (κ3) is 12.7. The lowest BCUT2D eigenvalue weighted by Crippen LogP contribution is -2.36. The van der Waals surface area contributed by atoms with Crippen molar-refractivity contribution < 1.29 is 90.0 Å². The quantitative estimate of drug-likeness (QED) is 0.147. The van der Waals surface area contributed by atoms with E-state index in [1.165, 1.54) is 13.0 Å². The van der Waals surface area contributed by atoms with Gasteiger partial charge >= 0.3 is 30.0 Å². The number of fused-ring (bicyclic) bond motifs is 4. The molecule has 0 aromatic heterocycles. The highest BCUT2D eigenvalue weighted by atomic mass is 19.1. The number of carbonyl (C=O) groups is 5. The topological polar surface area (TPSA) is 214 Å². The fraction of sp³-hybridized carbons (Fsp3) is 0.356. The van der Waals surface area contributed by atoms with Gasteiger partial charge in [0.25, 0.3) is 0 Å². The Morgan fingerprint density at radius 2 is 1.35 bits per heavy atom. The van der Waals surface area contributed by atoms with E-state index in [2.05, 4.69) is 4.74 Å². The minimum atomic E-state index is -1.64. The molecule has 0 fully saturated rings. The number of aryl methyl sites for hydroxylation is 1. The van der Waals surface area contributed by atoms with Crippen LogP contribution in [0.1, 0.15) is 30.5 Å². The van der Waals surface area contributed by atoms with Crippen LogP contribution >= 0.6 is 0 Å². The maximum absolute atomic E-state index is 15.7. The SMILES string of the molecule is COC(=O)OCOC(=O)CN1CCOCCN(CC(=O)OCOC(C)=O)c2ccc(C)cc2OCCOc2cc(C3=C4C=C(F)C(O)C=C4Oc4cc(OCOC(C)=O)c(F)cc43)ccc21. The standard InChI is InChI=1S/C45H46F2N2O17/c1-26-5-7-34-40(15-26)58-13-14-59-41-16-29(44-30-17-32(46)36(52)19-37(30)66-38-20-39(33(47)18-31(38)44)62-23-60-27(2)50)6-8-35(41)49(22-43(54)64-25-65-45(55)56-4)10-12-57-11-9-48(34)21-42(53)63-24-61-28(3)51/h5-8,15-20,36,52H,9-14,21-25H2,1-4H3. The molecule has 1 atom stereocenters. The van der Waals surface area contributed by atoms with Gasteiger partial charge in [0.2, 0.25) is 20.4 Å². The molecule has 0 radical (unpaired) electrons. The molecule has 0 amide bonds. The molecular formula is C45H46F2N2O17. The van der Waals surface area contributed by atoms with Crippen molar-refractivity contribution in [1.29, 1.82) is 0 Å². The van der Waals surface area contributed by atoms with E-state index < -0.39 is 74.7 Å². The molecule has 6 rings (SSSR count). The second kappa shape index (κ2) is 22.5. The number of esters is 4. The highest BCUT2D eigenvalue weighted by molar-refractivity contribution is 5.92. The Balaban J connectivity index is 1.38. The lowest BCUT2D eigenvalue weighted by Gasteiger charge is -2.30. The number of allylic oxidation sites excluding steroid dienone is 1. The highest BCUT2D eigenvalue weighted by Gasteiger charge is 2.32. The zero-order valence-corrected chi connectivity index (χ0v) is 36.3. The molecule has 2 heterocycles. The van der Waals surface area contributed by atoms with Crippen LogP contribution in [0.15, 0.2) is 77.8 Å². The van der Waals surface area contributed by atoms with Crippen molar-refractivity contribution in [1.82, 2.24) is 0 Å². The molecule has 3 aromatic carbocycles. The van der Waals surface area contributed by atoms with E-state index in [4.69, 9.17) is 47.4 Å². The minimum Gasteiger partial charge on any atom is -0.488 e. The number of carbonyl (C=O) groups excluding carboxylic acids is 5. The number of halogens is 2. The van der Waals surface area contributed by atoms with E-state index in [9.17, 15) is 29.1 Å². The number of hydrogen-bond acceptors (Lipinski definition) is 19. The molecule has 1 aliphatic carbocycles. The molecule has 1 unspecified atom stereocenters. The van der Waals surface area contributed by atoms with Gasteiger partial charge in [-0.1, -0.05) is 12.1 Å². The predicted octanol–water partition coefficient (Wildman–Crippen LogP) is 4.79. The monoisotopic (exact) mass is 924 g/mol. The summed E-state index contributed by atoms with van der Waals surface area (Å²) < 4.78 is 89.9. The molecule has 2 aliphatic heterocycles. The van der Waals surface area contributed by atoms with Gasteiger partial charge in [-0.05, 0) is 60.5 Å². The second-order valence-corrected chi connectivity index (χ2v) is 14.4. The van der Waals surface area contributed by atoms with Gasteiger partial charge in [-0.3, -0.25) is 19.2 Å². The van der Waals surface area contributed by atoms with Gasteiger partial charge < -0.3 is 67.0 Å². The lowest BCUT2D eigenvalue weighted by atomic mass is 9.86. The summed E-state index contributed by atoms with van der Waals surface area (Å²) in [5.74, 6) is -4.22. The van der Waals surface area contributed by atoms with Crippen molar-refractivity contribution in [2.75, 3.05) is 89.9 Å². The van der Waals surface area contributed by atoms with E-state index in [0.29, 0.717) is 22.7 Å². The number of aliphatic hydroxyl groups excluding tert-OH is 1. The van der Waals surface area contributed by atoms with Crippen LogP contribution in [0, 0.1) is 12.7 Å². The van der Waals surface area contributed by atoms with Gasteiger partial charge in [0.1, 0.15) is 61.2 Å². The van der Waals surface area contributed by atoms with Crippen LogP contribution in [0.25, 0.3) is 5.57 Å². The van der Waals surface area contributed by atoms with Gasteiger partial charge in [0.05, 0.1) is 31.7 Å². The van der Waals surface area contributed by atoms with Crippen molar-refractivity contribution >= 4 is 47.0 Å². The van der Waals surface area contributed by atoms with E-state index in [1.54, 1.807) is 40.1 Å². The highest BCUT2D eigenvalue weighted by Crippen LogP contribution is 2.47. The first-order valence-corrected chi connectivity index (χ1v) is 20.2. The zero-order chi connectivity index (χ0) is 47.3. The fourth-order valence-corrected chi connectivity index (χ4v) is 6.72. The van der Waals surface area contributed by atoms with E-state index in [-0.39, 0.29) is 85.8 Å². The summed E-state index contributed by atoms with van der Waals surface area (Å²) in [5, 5.41) is 10.4. The predicted molar refractivity (Wildman–Crippen MR) is 225 cm³/mol. The van der Waals surface area contributed by atoms with Crippen LogP contribution < -0.4 is 28.7 Å². The Morgan fingerprint density at radius 1 is 0.742 bits per heavy atom. The number of ether oxygens (including phenoxy) is 11. The largest absolute Gasteiger partial charge is 0.510 e. The van der Waals surface area contributed by atoms with E-state index in [0.717, 1.165) is 37.8 Å². The number of benzene rings is 3. The van der Waals surface area contributed by atoms with Crippen LogP contribution in [-0.4, -0.2) is 121 Å². The Morgan fingerprint density at radius 3 is 1.98 bits per heavy atom. The number of hydrogen-bond donors (Lipinski definition) is 1. The van der Waals surface area contributed by atoms with Crippen LogP contribution in [0.5, 0.6) is 23.0 Å². The number of aliphatic hydroxyl groups is 1. The molecule has 21 heteroatoms. The van der Waals surface area contributed by atoms with Gasteiger partial charge in [-0.25, -0.2) is 13.6 Å². The Bertz CT molecular complexity index is 2420. The lowest BCUT2D eigenvalue weighted by molar-refractivity contribution is -0.164. The Kier molecular flexibility index (Phi) is 16.4. The minimum absolute atomic E-state index is 0.0107. The molecule has 1 N–H and O–H groups in total. The number of nitrogens with zero attached hydrogens (tertiary/aromatic N) is 2. The third-order valence-electron chi connectivity index (χ3n) is 9.75. The summed E-state index contributed by atoms with van der Waals surface area (Å²) in [6, 6.07) is 12.5. The van der Waals surface area contributed by atoms with E-state index in [1.807, 2.05) is 13.0 Å². The number of methoxy groups -OCH3 is 1. The summed E-state index contributed by atoms with van der Waals surface area (Å²) >= 11 is 0. The Hall–Kier alpha value is -7.39. The molecule has 3 aromatic rings. The molecule has 0 saturated carbocycles. The zero-order valence-electron chi connectivity index (χ0n) is 36.3. The summed E-state index contributed by atoms with van der Waals surface area (Å²) in [6.07, 6.45) is -0.488. The van der Waals surface area contributed by atoms with Crippen molar-refractivity contribution in [2.24, 2.45) is 0 Å². The summed E-state index contributed by atoms with van der Waals surface area (Å²) in [5.41, 5.74) is 2.64. The van der Waals surface area contributed by atoms with Gasteiger partial charge in [-0.15, -0.1) is 0 Å². The van der Waals surface area contributed by atoms with E-state index >= 15 is 8.78 Å². The number of rotatable bonds is 12. The van der Waals surface area contributed by atoms with Gasteiger partial charge in [0, 0.05) is 49.7 Å². The molecule has 0 spiro atoms. The smallest absolute Gasteiger partial charge is 0.488 e. The van der Waals surface area contributed by atoms with Crippen LogP contribution in [0.4, 0.5) is 25.0 Å².